The van der Waals surface area contributed by atoms with Gasteiger partial charge in [0.15, 0.2) is 0 Å². The van der Waals surface area contributed by atoms with Gasteiger partial charge in [-0.3, -0.25) is 4.98 Å². The van der Waals surface area contributed by atoms with Gasteiger partial charge in [-0.15, -0.1) is 11.6 Å². The molecule has 1 aliphatic heterocycles. The third-order valence-electron chi connectivity index (χ3n) is 3.81. The average Bonchev–Trinajstić information content (AvgIpc) is 2.95. The zero-order chi connectivity index (χ0) is 12.5. The van der Waals surface area contributed by atoms with Gasteiger partial charge in [-0.1, -0.05) is 0 Å². The molecule has 0 spiro atoms. The van der Waals surface area contributed by atoms with Gasteiger partial charge in [0.1, 0.15) is 11.3 Å². The van der Waals surface area contributed by atoms with Gasteiger partial charge >= 0.3 is 0 Å². The number of fused-ring (bicyclic) bond motifs is 1. The second-order valence-corrected chi connectivity index (χ2v) is 5.18. The number of alkyl halides is 1. The number of aromatic nitrogens is 3. The van der Waals surface area contributed by atoms with E-state index in [1.807, 2.05) is 12.3 Å². The Balaban J connectivity index is 1.98. The van der Waals surface area contributed by atoms with Crippen LogP contribution in [0.4, 0.5) is 0 Å². The van der Waals surface area contributed by atoms with E-state index >= 15 is 0 Å². The lowest BCUT2D eigenvalue weighted by Crippen LogP contribution is -2.29. The number of hydrogen-bond acceptors (Lipinski definition) is 3. The summed E-state index contributed by atoms with van der Waals surface area (Å²) in [6.45, 7) is 2.16. The average molecular weight is 265 g/mol. The second-order valence-electron chi connectivity index (χ2n) is 4.91. The Labute approximate surface area is 112 Å². The van der Waals surface area contributed by atoms with E-state index in [4.69, 9.17) is 11.6 Å². The van der Waals surface area contributed by atoms with E-state index < -0.39 is 0 Å². The van der Waals surface area contributed by atoms with Gasteiger partial charge in [0, 0.05) is 18.8 Å². The monoisotopic (exact) mass is 264 g/mol. The Hall–Kier alpha value is -1.13. The molecule has 18 heavy (non-hydrogen) atoms. The third-order valence-corrected chi connectivity index (χ3v) is 4.05. The highest BCUT2D eigenvalue weighted by Gasteiger charge is 2.23. The summed E-state index contributed by atoms with van der Waals surface area (Å²) >= 11 is 6.01. The van der Waals surface area contributed by atoms with Crippen molar-refractivity contribution in [1.82, 2.24) is 19.4 Å². The molecule has 1 atom stereocenters. The van der Waals surface area contributed by atoms with Crippen LogP contribution >= 0.6 is 11.6 Å². The molecule has 4 nitrogen and oxygen atoms in total. The minimum atomic E-state index is 0.450. The number of halogens is 1. The van der Waals surface area contributed by atoms with Crippen LogP contribution in [0.25, 0.3) is 11.0 Å². The van der Waals surface area contributed by atoms with Crippen molar-refractivity contribution in [3.63, 3.8) is 0 Å². The van der Waals surface area contributed by atoms with E-state index in [1.54, 1.807) is 6.20 Å². The second kappa shape index (κ2) is 4.86. The smallest absolute Gasteiger partial charge is 0.124 e. The lowest BCUT2D eigenvalue weighted by molar-refractivity contribution is 0.282. The number of hydrogen-bond donors (Lipinski definition) is 0. The van der Waals surface area contributed by atoms with Gasteiger partial charge < -0.3 is 9.47 Å². The summed E-state index contributed by atoms with van der Waals surface area (Å²) in [5.74, 6) is 1.39. The fourth-order valence-electron chi connectivity index (χ4n) is 2.76. The van der Waals surface area contributed by atoms with Crippen molar-refractivity contribution in [1.29, 1.82) is 0 Å². The molecule has 1 saturated heterocycles. The lowest BCUT2D eigenvalue weighted by atomic mass is 10.2. The van der Waals surface area contributed by atoms with Crippen LogP contribution in [0.5, 0.6) is 0 Å². The fourth-order valence-corrected chi connectivity index (χ4v) is 2.96. The largest absolute Gasteiger partial charge is 0.325 e. The van der Waals surface area contributed by atoms with Crippen molar-refractivity contribution in [2.45, 2.75) is 31.3 Å². The van der Waals surface area contributed by atoms with Crippen LogP contribution < -0.4 is 0 Å². The zero-order valence-corrected chi connectivity index (χ0v) is 11.3. The highest BCUT2D eigenvalue weighted by molar-refractivity contribution is 6.16. The molecule has 5 heteroatoms. The molecule has 0 radical (unpaired) electrons. The van der Waals surface area contributed by atoms with Crippen LogP contribution in [0.3, 0.4) is 0 Å². The number of likely N-dealkylation sites (N-methyl/N-ethyl adjacent to an activating group) is 1. The first-order chi connectivity index (χ1) is 8.79. The predicted molar refractivity (Wildman–Crippen MR) is 72.7 cm³/mol. The van der Waals surface area contributed by atoms with E-state index in [0.717, 1.165) is 23.4 Å². The summed E-state index contributed by atoms with van der Waals surface area (Å²) in [7, 11) is 2.19. The molecule has 0 N–H and O–H groups in total. The van der Waals surface area contributed by atoms with Crippen LogP contribution in [-0.4, -0.2) is 39.1 Å². The third kappa shape index (κ3) is 1.99. The van der Waals surface area contributed by atoms with Crippen LogP contribution in [0, 0.1) is 0 Å². The molecule has 0 amide bonds. The van der Waals surface area contributed by atoms with Crippen LogP contribution in [0.2, 0.25) is 0 Å². The Kier molecular flexibility index (Phi) is 3.22. The minimum absolute atomic E-state index is 0.450. The van der Waals surface area contributed by atoms with E-state index in [-0.39, 0.29) is 0 Å². The van der Waals surface area contributed by atoms with Gasteiger partial charge in [0.2, 0.25) is 0 Å². The Morgan fingerprint density at radius 1 is 1.50 bits per heavy atom. The minimum Gasteiger partial charge on any atom is -0.325 e. The topological polar surface area (TPSA) is 34.0 Å². The molecule has 2 aromatic heterocycles. The first-order valence-corrected chi connectivity index (χ1v) is 6.88. The molecule has 0 aliphatic carbocycles. The first-order valence-electron chi connectivity index (χ1n) is 6.35. The van der Waals surface area contributed by atoms with Gasteiger partial charge in [0.25, 0.3) is 0 Å². The molecule has 0 saturated carbocycles. The summed E-state index contributed by atoms with van der Waals surface area (Å²) in [6.07, 6.45) is 6.16. The first kappa shape index (κ1) is 11.9. The van der Waals surface area contributed by atoms with E-state index in [1.165, 1.54) is 19.4 Å². The molecule has 1 aliphatic rings. The van der Waals surface area contributed by atoms with Crippen LogP contribution in [0.15, 0.2) is 18.5 Å². The molecule has 2 aromatic rings. The lowest BCUT2D eigenvalue weighted by Gasteiger charge is -2.21. The molecule has 1 fully saturated rings. The standard InChI is InChI=1S/C13H17ClN4/c1-17-6-2-3-10(17)9-18-12-4-5-15-8-11(12)16-13(18)7-14/h4-5,8,10H,2-3,6-7,9H2,1H3. The molecule has 96 valence electrons. The van der Waals surface area contributed by atoms with Gasteiger partial charge in [-0.25, -0.2) is 4.98 Å². The maximum Gasteiger partial charge on any atom is 0.124 e. The van der Waals surface area contributed by atoms with Crippen molar-refractivity contribution >= 4 is 22.6 Å². The van der Waals surface area contributed by atoms with Crippen molar-refractivity contribution in [3.8, 4) is 0 Å². The summed E-state index contributed by atoms with van der Waals surface area (Å²) < 4.78 is 2.25. The number of likely N-dealkylation sites (tertiary alicyclic amines) is 1. The highest BCUT2D eigenvalue weighted by Crippen LogP contribution is 2.22. The summed E-state index contributed by atoms with van der Waals surface area (Å²) in [4.78, 5) is 11.1. The van der Waals surface area contributed by atoms with Crippen molar-refractivity contribution in [2.75, 3.05) is 13.6 Å². The Morgan fingerprint density at radius 3 is 3.11 bits per heavy atom. The molecular weight excluding hydrogens is 248 g/mol. The van der Waals surface area contributed by atoms with Gasteiger partial charge in [0.05, 0.1) is 17.6 Å². The SMILES string of the molecule is CN1CCCC1Cn1c(CCl)nc2cnccc21. The number of rotatable bonds is 3. The predicted octanol–water partition coefficient (Wildman–Crippen LogP) is 2.26. The molecule has 1 unspecified atom stereocenters. The highest BCUT2D eigenvalue weighted by atomic mass is 35.5. The summed E-state index contributed by atoms with van der Waals surface area (Å²) in [6, 6.07) is 2.62. The van der Waals surface area contributed by atoms with Crippen LogP contribution in [-0.2, 0) is 12.4 Å². The molecule has 0 bridgehead atoms. The quantitative estimate of drug-likeness (QED) is 0.798. The Morgan fingerprint density at radius 2 is 2.39 bits per heavy atom. The molecular formula is C13H17ClN4. The van der Waals surface area contributed by atoms with E-state index in [2.05, 4.69) is 26.5 Å². The van der Waals surface area contributed by atoms with Crippen molar-refractivity contribution < 1.29 is 0 Å². The van der Waals surface area contributed by atoms with Crippen molar-refractivity contribution in [3.05, 3.63) is 24.3 Å². The van der Waals surface area contributed by atoms with Gasteiger partial charge in [-0.05, 0) is 32.5 Å². The number of pyridine rings is 1. The van der Waals surface area contributed by atoms with Crippen LogP contribution in [0.1, 0.15) is 18.7 Å². The zero-order valence-electron chi connectivity index (χ0n) is 10.5. The summed E-state index contributed by atoms with van der Waals surface area (Å²) in [5, 5.41) is 0. The van der Waals surface area contributed by atoms with E-state index in [9.17, 15) is 0 Å². The molecule has 0 aromatic carbocycles. The molecule has 3 rings (SSSR count). The van der Waals surface area contributed by atoms with Crippen molar-refractivity contribution in [2.24, 2.45) is 0 Å². The Bertz CT molecular complexity index is 551. The maximum atomic E-state index is 6.01. The number of imidazole rings is 1. The van der Waals surface area contributed by atoms with Gasteiger partial charge in [-0.2, -0.15) is 0 Å². The fraction of sp³-hybridized carbons (Fsp3) is 0.538. The summed E-state index contributed by atoms with van der Waals surface area (Å²) in [5.41, 5.74) is 2.08. The molecule has 3 heterocycles. The normalized spacial score (nSPS) is 20.9. The van der Waals surface area contributed by atoms with E-state index in [0.29, 0.717) is 11.9 Å². The number of nitrogens with zero attached hydrogens (tertiary/aromatic N) is 4. The maximum absolute atomic E-state index is 6.01.